The number of piperidine rings is 1. The van der Waals surface area contributed by atoms with Crippen LogP contribution < -0.4 is 10.2 Å². The van der Waals surface area contributed by atoms with E-state index in [9.17, 15) is 4.79 Å². The summed E-state index contributed by atoms with van der Waals surface area (Å²) < 4.78 is 1.70. The number of aryl methyl sites for hydroxylation is 1. The minimum absolute atomic E-state index is 0.172. The van der Waals surface area contributed by atoms with Gasteiger partial charge in [0.2, 0.25) is 5.91 Å². The molecule has 2 aromatic heterocycles. The molecule has 3 aromatic rings. The second kappa shape index (κ2) is 7.61. The van der Waals surface area contributed by atoms with Gasteiger partial charge in [-0.3, -0.25) is 14.5 Å². The number of hydrogen-bond acceptors (Lipinski definition) is 4. The molecule has 138 valence electrons. The van der Waals surface area contributed by atoms with Gasteiger partial charge in [0.1, 0.15) is 0 Å². The Morgan fingerprint density at radius 3 is 2.74 bits per heavy atom. The molecule has 0 radical (unpaired) electrons. The number of carbonyl (C=O) groups excluding carboxylic acids is 1. The number of hydrogen-bond donors (Lipinski definition) is 1. The highest BCUT2D eigenvalue weighted by Crippen LogP contribution is 2.33. The molecule has 0 aliphatic carbocycles. The third-order valence-electron chi connectivity index (χ3n) is 4.90. The van der Waals surface area contributed by atoms with Crippen LogP contribution in [-0.4, -0.2) is 33.8 Å². The SMILES string of the molecule is Cn1cc(/C=C\C(=O)Nc2ccc(N3CCCCC3)c3ccncc23)cn1. The predicted octanol–water partition coefficient (Wildman–Crippen LogP) is 3.61. The highest BCUT2D eigenvalue weighted by molar-refractivity contribution is 6.09. The van der Waals surface area contributed by atoms with Crippen LogP contribution in [0.4, 0.5) is 11.4 Å². The lowest BCUT2D eigenvalue weighted by Crippen LogP contribution is -2.29. The number of nitrogens with zero attached hydrogens (tertiary/aromatic N) is 4. The topological polar surface area (TPSA) is 63.1 Å². The van der Waals surface area contributed by atoms with Crippen LogP contribution in [0.15, 0.2) is 49.1 Å². The summed E-state index contributed by atoms with van der Waals surface area (Å²) in [5.74, 6) is -0.172. The van der Waals surface area contributed by atoms with Crippen molar-refractivity contribution >= 4 is 34.1 Å². The van der Waals surface area contributed by atoms with E-state index in [1.165, 1.54) is 31.0 Å². The summed E-state index contributed by atoms with van der Waals surface area (Å²) in [6.45, 7) is 2.16. The highest BCUT2D eigenvalue weighted by Gasteiger charge is 2.15. The van der Waals surface area contributed by atoms with Gasteiger partial charge in [0.15, 0.2) is 0 Å². The molecule has 1 aliphatic rings. The van der Waals surface area contributed by atoms with E-state index in [0.717, 1.165) is 35.1 Å². The molecular weight excluding hydrogens is 338 g/mol. The molecular formula is C21H23N5O. The fourth-order valence-electron chi connectivity index (χ4n) is 3.57. The second-order valence-corrected chi connectivity index (χ2v) is 6.87. The number of anilines is 2. The number of nitrogens with one attached hydrogen (secondary N) is 1. The normalized spacial score (nSPS) is 14.8. The van der Waals surface area contributed by atoms with E-state index in [2.05, 4.69) is 26.4 Å². The van der Waals surface area contributed by atoms with E-state index >= 15 is 0 Å². The molecule has 6 nitrogen and oxygen atoms in total. The fraction of sp³-hybridized carbons (Fsp3) is 0.286. The largest absolute Gasteiger partial charge is 0.371 e. The van der Waals surface area contributed by atoms with E-state index in [1.54, 1.807) is 17.0 Å². The second-order valence-electron chi connectivity index (χ2n) is 6.87. The van der Waals surface area contributed by atoms with Gasteiger partial charge in [-0.2, -0.15) is 5.10 Å². The van der Waals surface area contributed by atoms with Crippen molar-refractivity contribution in [2.24, 2.45) is 7.05 Å². The van der Waals surface area contributed by atoms with E-state index in [-0.39, 0.29) is 5.91 Å². The maximum absolute atomic E-state index is 12.4. The summed E-state index contributed by atoms with van der Waals surface area (Å²) in [6.07, 6.45) is 14.2. The van der Waals surface area contributed by atoms with Crippen LogP contribution in [0, 0.1) is 0 Å². The first-order valence-electron chi connectivity index (χ1n) is 9.30. The van der Waals surface area contributed by atoms with Crippen LogP contribution in [0.5, 0.6) is 0 Å². The number of aromatic nitrogens is 3. The summed E-state index contributed by atoms with van der Waals surface area (Å²) in [4.78, 5) is 19.1. The van der Waals surface area contributed by atoms with Gasteiger partial charge in [-0.1, -0.05) is 0 Å². The minimum Gasteiger partial charge on any atom is -0.371 e. The molecule has 27 heavy (non-hydrogen) atoms. The first-order valence-corrected chi connectivity index (χ1v) is 9.30. The van der Waals surface area contributed by atoms with Gasteiger partial charge in [-0.05, 0) is 43.5 Å². The molecule has 3 heterocycles. The number of rotatable bonds is 4. The van der Waals surface area contributed by atoms with Gasteiger partial charge in [0.25, 0.3) is 0 Å². The van der Waals surface area contributed by atoms with Crippen LogP contribution in [0.2, 0.25) is 0 Å². The van der Waals surface area contributed by atoms with Crippen LogP contribution >= 0.6 is 0 Å². The zero-order chi connectivity index (χ0) is 18.6. The third-order valence-corrected chi connectivity index (χ3v) is 4.90. The lowest BCUT2D eigenvalue weighted by atomic mass is 10.1. The number of fused-ring (bicyclic) bond motifs is 1. The van der Waals surface area contributed by atoms with E-state index < -0.39 is 0 Å². The van der Waals surface area contributed by atoms with Crippen LogP contribution in [-0.2, 0) is 11.8 Å². The molecule has 0 spiro atoms. The molecule has 1 saturated heterocycles. The summed E-state index contributed by atoms with van der Waals surface area (Å²) in [5, 5.41) is 9.16. The molecule has 1 N–H and O–H groups in total. The molecule has 1 aromatic carbocycles. The monoisotopic (exact) mass is 361 g/mol. The number of amides is 1. The van der Waals surface area contributed by atoms with Crippen molar-refractivity contribution in [3.63, 3.8) is 0 Å². The quantitative estimate of drug-likeness (QED) is 0.721. The zero-order valence-electron chi connectivity index (χ0n) is 15.4. The number of carbonyl (C=O) groups is 1. The molecule has 1 aliphatic heterocycles. The molecule has 0 unspecified atom stereocenters. The molecule has 0 saturated carbocycles. The van der Waals surface area contributed by atoms with E-state index in [1.807, 2.05) is 37.8 Å². The molecule has 0 bridgehead atoms. The molecule has 1 fully saturated rings. The summed E-state index contributed by atoms with van der Waals surface area (Å²) in [6, 6.07) is 6.11. The maximum atomic E-state index is 12.4. The number of benzene rings is 1. The van der Waals surface area contributed by atoms with Crippen molar-refractivity contribution in [2.75, 3.05) is 23.3 Å². The van der Waals surface area contributed by atoms with E-state index in [4.69, 9.17) is 0 Å². The van der Waals surface area contributed by atoms with Crippen molar-refractivity contribution < 1.29 is 4.79 Å². The average Bonchev–Trinajstić information content (AvgIpc) is 3.13. The molecule has 4 rings (SSSR count). The standard InChI is InChI=1S/C21H23N5O/c1-25-15-16(13-23-25)5-8-21(27)24-19-6-7-20(26-11-3-2-4-12-26)17-9-10-22-14-18(17)19/h5-10,13-15H,2-4,11-12H2,1H3,(H,24,27)/b8-5-. The van der Waals surface area contributed by atoms with Crippen LogP contribution in [0.3, 0.4) is 0 Å². The Balaban J connectivity index is 1.58. The average molecular weight is 361 g/mol. The Labute approximate surface area is 158 Å². The third kappa shape index (κ3) is 3.84. The predicted molar refractivity (Wildman–Crippen MR) is 109 cm³/mol. The van der Waals surface area contributed by atoms with Crippen molar-refractivity contribution in [2.45, 2.75) is 19.3 Å². The van der Waals surface area contributed by atoms with Crippen LogP contribution in [0.1, 0.15) is 24.8 Å². The van der Waals surface area contributed by atoms with Crippen molar-refractivity contribution in [1.82, 2.24) is 14.8 Å². The zero-order valence-corrected chi connectivity index (χ0v) is 15.4. The minimum atomic E-state index is -0.172. The first-order chi connectivity index (χ1) is 13.2. The summed E-state index contributed by atoms with van der Waals surface area (Å²) in [5.41, 5.74) is 2.88. The van der Waals surface area contributed by atoms with Crippen molar-refractivity contribution in [1.29, 1.82) is 0 Å². The number of pyridine rings is 1. The van der Waals surface area contributed by atoms with Gasteiger partial charge < -0.3 is 10.2 Å². The molecule has 0 atom stereocenters. The summed E-state index contributed by atoms with van der Waals surface area (Å²) >= 11 is 0. The van der Waals surface area contributed by atoms with Gasteiger partial charge in [-0.15, -0.1) is 0 Å². The van der Waals surface area contributed by atoms with Crippen molar-refractivity contribution in [3.8, 4) is 0 Å². The Hall–Kier alpha value is -3.15. The van der Waals surface area contributed by atoms with Crippen molar-refractivity contribution in [3.05, 3.63) is 54.6 Å². The smallest absolute Gasteiger partial charge is 0.248 e. The van der Waals surface area contributed by atoms with Gasteiger partial charge in [0.05, 0.1) is 11.9 Å². The van der Waals surface area contributed by atoms with Gasteiger partial charge in [-0.25, -0.2) is 0 Å². The Kier molecular flexibility index (Phi) is 4.87. The lowest BCUT2D eigenvalue weighted by Gasteiger charge is -2.30. The van der Waals surface area contributed by atoms with E-state index in [0.29, 0.717) is 0 Å². The molecule has 1 amide bonds. The van der Waals surface area contributed by atoms with Gasteiger partial charge in [0, 0.05) is 66.8 Å². The molecule has 6 heteroatoms. The lowest BCUT2D eigenvalue weighted by molar-refractivity contribution is -0.111. The highest BCUT2D eigenvalue weighted by atomic mass is 16.1. The Morgan fingerprint density at radius 1 is 1.11 bits per heavy atom. The van der Waals surface area contributed by atoms with Crippen LogP contribution in [0.25, 0.3) is 16.8 Å². The Bertz CT molecular complexity index is 985. The maximum Gasteiger partial charge on any atom is 0.248 e. The fourth-order valence-corrected chi connectivity index (χ4v) is 3.57. The first kappa shape index (κ1) is 17.3. The Morgan fingerprint density at radius 2 is 1.96 bits per heavy atom. The summed E-state index contributed by atoms with van der Waals surface area (Å²) in [7, 11) is 1.85. The van der Waals surface area contributed by atoms with Gasteiger partial charge >= 0.3 is 0 Å².